The Bertz CT molecular complexity index is 984. The molecule has 1 saturated heterocycles. The Balaban J connectivity index is 1.45. The van der Waals surface area contributed by atoms with Crippen LogP contribution in [0.5, 0.6) is 0 Å². The van der Waals surface area contributed by atoms with Crippen LogP contribution in [0.1, 0.15) is 64.1 Å². The summed E-state index contributed by atoms with van der Waals surface area (Å²) in [5.74, 6) is 0. The predicted molar refractivity (Wildman–Crippen MR) is 139 cm³/mol. The second-order valence-corrected chi connectivity index (χ2v) is 9.78. The molecule has 0 aliphatic carbocycles. The largest absolute Gasteiger partial charge is 0.369 e. The SMILES string of the molecule is C=C(C)C(CCC(C)=C=CC(C)(C)C/C=N/N1CC1c1ccccc1)OCc1ccccc1. The Kier molecular flexibility index (Phi) is 8.88. The van der Waals surface area contributed by atoms with E-state index < -0.39 is 0 Å². The minimum absolute atomic E-state index is 0.0145. The molecular weight excluding hydrogens is 404 g/mol. The van der Waals surface area contributed by atoms with Crippen LogP contribution in [0.2, 0.25) is 0 Å². The zero-order valence-electron chi connectivity index (χ0n) is 20.6. The van der Waals surface area contributed by atoms with E-state index in [9.17, 15) is 0 Å². The van der Waals surface area contributed by atoms with Crippen molar-refractivity contribution >= 4 is 6.21 Å². The molecule has 2 aromatic rings. The summed E-state index contributed by atoms with van der Waals surface area (Å²) in [4.78, 5) is 0. The van der Waals surface area contributed by atoms with Crippen LogP contribution in [-0.2, 0) is 11.3 Å². The highest BCUT2D eigenvalue weighted by molar-refractivity contribution is 5.58. The Hall–Kier alpha value is -2.87. The highest BCUT2D eigenvalue weighted by atomic mass is 16.5. The molecule has 0 amide bonds. The summed E-state index contributed by atoms with van der Waals surface area (Å²) in [7, 11) is 0. The molecule has 3 rings (SSSR count). The van der Waals surface area contributed by atoms with Crippen LogP contribution >= 0.6 is 0 Å². The molecular formula is C30H38N2O. The predicted octanol–water partition coefficient (Wildman–Crippen LogP) is 7.49. The fraction of sp³-hybridized carbons (Fsp3) is 0.400. The lowest BCUT2D eigenvalue weighted by atomic mass is 9.89. The Morgan fingerprint density at radius 2 is 1.82 bits per heavy atom. The third kappa shape index (κ3) is 8.53. The van der Waals surface area contributed by atoms with Crippen molar-refractivity contribution in [2.45, 2.75) is 65.7 Å². The molecule has 0 spiro atoms. The summed E-state index contributed by atoms with van der Waals surface area (Å²) in [6.07, 6.45) is 7.05. The number of rotatable bonds is 12. The van der Waals surface area contributed by atoms with Crippen molar-refractivity contribution in [3.8, 4) is 0 Å². The smallest absolute Gasteiger partial charge is 0.0912 e. The Labute approximate surface area is 200 Å². The standard InChI is InChI=1S/C30H38N2O/c1-24(2)29(33-23-26-12-8-6-9-13-26)17-16-25(3)18-19-30(4,5)20-21-31-32-22-28(32)27-14-10-7-11-15-27/h6-15,19,21,28-29H,1,16-17,20,22-23H2,2-5H3/b31-21+. The van der Waals surface area contributed by atoms with Crippen molar-refractivity contribution in [3.63, 3.8) is 0 Å². The second kappa shape index (κ2) is 11.8. The number of allylic oxidation sites excluding steroid dienone is 1. The van der Waals surface area contributed by atoms with Gasteiger partial charge < -0.3 is 4.74 Å². The zero-order valence-corrected chi connectivity index (χ0v) is 20.6. The molecule has 3 heteroatoms. The van der Waals surface area contributed by atoms with E-state index in [1.54, 1.807) is 0 Å². The highest BCUT2D eigenvalue weighted by Gasteiger charge is 2.34. The quantitative estimate of drug-likeness (QED) is 0.147. The average molecular weight is 443 g/mol. The fourth-order valence-electron chi connectivity index (χ4n) is 3.63. The lowest BCUT2D eigenvalue weighted by Gasteiger charge is -2.18. The summed E-state index contributed by atoms with van der Waals surface area (Å²) < 4.78 is 6.13. The summed E-state index contributed by atoms with van der Waals surface area (Å²) in [6, 6.07) is 21.3. The lowest BCUT2D eigenvalue weighted by Crippen LogP contribution is -2.14. The Morgan fingerprint density at radius 1 is 1.15 bits per heavy atom. The molecule has 3 nitrogen and oxygen atoms in total. The molecule has 2 aromatic carbocycles. The molecule has 0 N–H and O–H groups in total. The van der Waals surface area contributed by atoms with Gasteiger partial charge in [0.2, 0.25) is 0 Å². The molecule has 0 saturated carbocycles. The van der Waals surface area contributed by atoms with Crippen LogP contribution in [-0.4, -0.2) is 23.9 Å². The molecule has 2 atom stereocenters. The van der Waals surface area contributed by atoms with Gasteiger partial charge in [0, 0.05) is 6.21 Å². The fourth-order valence-corrected chi connectivity index (χ4v) is 3.63. The van der Waals surface area contributed by atoms with Crippen molar-refractivity contribution in [3.05, 3.63) is 101 Å². The molecule has 1 aliphatic rings. The maximum absolute atomic E-state index is 6.13. The molecule has 174 valence electrons. The Morgan fingerprint density at radius 3 is 2.48 bits per heavy atom. The summed E-state index contributed by atoms with van der Waals surface area (Å²) >= 11 is 0. The normalized spacial score (nSPS) is 16.4. The summed E-state index contributed by atoms with van der Waals surface area (Å²) in [5.41, 5.74) is 8.37. The third-order valence-electron chi connectivity index (χ3n) is 5.95. The van der Waals surface area contributed by atoms with Crippen molar-refractivity contribution in [2.24, 2.45) is 10.5 Å². The van der Waals surface area contributed by atoms with Gasteiger partial charge in [0.25, 0.3) is 0 Å². The summed E-state index contributed by atoms with van der Waals surface area (Å²) in [5, 5.41) is 6.80. The molecule has 1 heterocycles. The lowest BCUT2D eigenvalue weighted by molar-refractivity contribution is 0.0594. The topological polar surface area (TPSA) is 24.6 Å². The molecule has 33 heavy (non-hydrogen) atoms. The molecule has 1 fully saturated rings. The average Bonchev–Trinajstić information content (AvgIpc) is 3.58. The molecule has 0 radical (unpaired) electrons. The van der Waals surface area contributed by atoms with Gasteiger partial charge in [-0.25, -0.2) is 0 Å². The van der Waals surface area contributed by atoms with E-state index in [1.807, 2.05) is 31.3 Å². The van der Waals surface area contributed by atoms with E-state index in [1.165, 1.54) is 16.7 Å². The van der Waals surface area contributed by atoms with E-state index in [2.05, 4.69) is 91.7 Å². The van der Waals surface area contributed by atoms with Crippen LogP contribution in [0.3, 0.4) is 0 Å². The van der Waals surface area contributed by atoms with E-state index in [0.717, 1.165) is 31.4 Å². The first-order valence-corrected chi connectivity index (χ1v) is 11.9. The number of benzene rings is 2. The van der Waals surface area contributed by atoms with E-state index >= 15 is 0 Å². The number of hydrazone groups is 1. The number of ether oxygens (including phenoxy) is 1. The van der Waals surface area contributed by atoms with E-state index in [0.29, 0.717) is 12.6 Å². The molecule has 0 aromatic heterocycles. The van der Waals surface area contributed by atoms with Crippen molar-refractivity contribution in [1.29, 1.82) is 0 Å². The second-order valence-electron chi connectivity index (χ2n) is 9.78. The van der Waals surface area contributed by atoms with Gasteiger partial charge in [0.05, 0.1) is 25.3 Å². The van der Waals surface area contributed by atoms with Crippen molar-refractivity contribution in [1.82, 2.24) is 5.01 Å². The van der Waals surface area contributed by atoms with Crippen molar-refractivity contribution < 1.29 is 4.74 Å². The van der Waals surface area contributed by atoms with Gasteiger partial charge >= 0.3 is 0 Å². The first-order valence-electron chi connectivity index (χ1n) is 11.9. The van der Waals surface area contributed by atoms with Crippen LogP contribution in [0.4, 0.5) is 0 Å². The van der Waals surface area contributed by atoms with Gasteiger partial charge in [-0.05, 0) is 61.3 Å². The minimum Gasteiger partial charge on any atom is -0.369 e. The maximum atomic E-state index is 6.13. The van der Waals surface area contributed by atoms with Crippen LogP contribution in [0, 0.1) is 5.41 Å². The van der Waals surface area contributed by atoms with Gasteiger partial charge in [-0.15, -0.1) is 5.73 Å². The van der Waals surface area contributed by atoms with Gasteiger partial charge in [-0.3, -0.25) is 5.01 Å². The maximum Gasteiger partial charge on any atom is 0.0912 e. The first-order chi connectivity index (χ1) is 15.8. The summed E-state index contributed by atoms with van der Waals surface area (Å²) in [6.45, 7) is 14.4. The van der Waals surface area contributed by atoms with Crippen LogP contribution in [0.15, 0.2) is 95.3 Å². The number of nitrogens with zero attached hydrogens (tertiary/aromatic N) is 2. The van der Waals surface area contributed by atoms with Crippen molar-refractivity contribution in [2.75, 3.05) is 6.54 Å². The third-order valence-corrected chi connectivity index (χ3v) is 5.95. The zero-order chi connectivity index (χ0) is 23.7. The number of hydrogen-bond donors (Lipinski definition) is 0. The van der Waals surface area contributed by atoms with Crippen LogP contribution < -0.4 is 0 Å². The molecule has 0 bridgehead atoms. The molecule has 1 aliphatic heterocycles. The van der Waals surface area contributed by atoms with Gasteiger partial charge in [-0.1, -0.05) is 86.7 Å². The van der Waals surface area contributed by atoms with E-state index in [-0.39, 0.29) is 11.5 Å². The van der Waals surface area contributed by atoms with E-state index in [4.69, 9.17) is 4.74 Å². The minimum atomic E-state index is 0.0145. The highest BCUT2D eigenvalue weighted by Crippen LogP contribution is 2.34. The van der Waals surface area contributed by atoms with Gasteiger partial charge in [0.15, 0.2) is 0 Å². The van der Waals surface area contributed by atoms with Gasteiger partial charge in [0.1, 0.15) is 0 Å². The number of hydrogen-bond acceptors (Lipinski definition) is 3. The van der Waals surface area contributed by atoms with Gasteiger partial charge in [-0.2, -0.15) is 5.10 Å². The first kappa shape index (κ1) is 24.8. The monoisotopic (exact) mass is 442 g/mol. The molecule has 2 unspecified atom stereocenters. The van der Waals surface area contributed by atoms with Crippen LogP contribution in [0.25, 0.3) is 0 Å².